The van der Waals surface area contributed by atoms with Gasteiger partial charge in [0.05, 0.1) is 16.1 Å². The van der Waals surface area contributed by atoms with Crippen LogP contribution in [0, 0.1) is 5.41 Å². The number of likely N-dealkylation sites (tertiary alicyclic amines) is 1. The Morgan fingerprint density at radius 1 is 1.38 bits per heavy atom. The fraction of sp³-hybridized carbons (Fsp3) is 0.533. The lowest BCUT2D eigenvalue weighted by Crippen LogP contribution is -2.36. The second kappa shape index (κ2) is 4.81. The van der Waals surface area contributed by atoms with Crippen molar-refractivity contribution in [2.24, 2.45) is 5.41 Å². The number of carbonyl (C=O) groups is 1. The number of nitrogens with zero attached hydrogens (tertiary/aromatic N) is 1. The molecule has 1 saturated heterocycles. The van der Waals surface area contributed by atoms with Crippen molar-refractivity contribution < 1.29 is 18.3 Å². The van der Waals surface area contributed by atoms with E-state index in [4.69, 9.17) is 0 Å². The lowest BCUT2D eigenvalue weighted by atomic mass is 9.90. The first-order chi connectivity index (χ1) is 9.83. The zero-order valence-corrected chi connectivity index (χ0v) is 12.8. The van der Waals surface area contributed by atoms with Crippen molar-refractivity contribution in [1.82, 2.24) is 4.90 Å². The molecule has 2 unspecified atom stereocenters. The van der Waals surface area contributed by atoms with Crippen molar-refractivity contribution in [2.45, 2.75) is 30.7 Å². The maximum absolute atomic E-state index is 12.2. The minimum atomic E-state index is -3.19. The van der Waals surface area contributed by atoms with Crippen LogP contribution in [0.4, 0.5) is 0 Å². The summed E-state index contributed by atoms with van der Waals surface area (Å²) in [5.74, 6) is -0.642. The maximum atomic E-state index is 12.2. The van der Waals surface area contributed by atoms with Crippen LogP contribution in [-0.4, -0.2) is 43.2 Å². The Bertz CT molecular complexity index is 685. The Balaban J connectivity index is 1.94. The van der Waals surface area contributed by atoms with Gasteiger partial charge in [0.25, 0.3) is 0 Å². The summed E-state index contributed by atoms with van der Waals surface area (Å²) in [6.07, 6.45) is 1.14. The number of fused-ring (bicyclic) bond motifs is 1. The average Bonchev–Trinajstić information content (AvgIpc) is 2.83. The van der Waals surface area contributed by atoms with Crippen LogP contribution >= 0.6 is 0 Å². The molecule has 21 heavy (non-hydrogen) atoms. The number of carboxylic acids is 1. The molecule has 0 aromatic heterocycles. The maximum Gasteiger partial charge on any atom is 0.310 e. The Morgan fingerprint density at radius 3 is 2.76 bits per heavy atom. The first-order valence-electron chi connectivity index (χ1n) is 7.13. The van der Waals surface area contributed by atoms with Crippen LogP contribution in [0.2, 0.25) is 0 Å². The molecule has 3 rings (SSSR count). The van der Waals surface area contributed by atoms with Crippen molar-refractivity contribution >= 4 is 15.8 Å². The van der Waals surface area contributed by atoms with E-state index in [1.807, 2.05) is 12.1 Å². The molecule has 2 aliphatic rings. The third-order valence-electron chi connectivity index (χ3n) is 4.73. The summed E-state index contributed by atoms with van der Waals surface area (Å²) in [6.45, 7) is 2.93. The van der Waals surface area contributed by atoms with E-state index >= 15 is 0 Å². The summed E-state index contributed by atoms with van der Waals surface area (Å²) < 4.78 is 24.3. The van der Waals surface area contributed by atoms with Gasteiger partial charge in [0.1, 0.15) is 0 Å². The van der Waals surface area contributed by atoms with Crippen LogP contribution in [-0.2, 0) is 14.6 Å². The van der Waals surface area contributed by atoms with E-state index in [2.05, 4.69) is 4.90 Å². The molecular weight excluding hydrogens is 290 g/mol. The molecule has 2 aliphatic heterocycles. The molecule has 2 atom stereocenters. The van der Waals surface area contributed by atoms with Crippen LogP contribution in [0.1, 0.15) is 31.4 Å². The molecule has 2 heterocycles. The highest BCUT2D eigenvalue weighted by Gasteiger charge is 2.44. The molecule has 1 fully saturated rings. The molecule has 5 nitrogen and oxygen atoms in total. The van der Waals surface area contributed by atoms with Gasteiger partial charge < -0.3 is 5.11 Å². The number of benzene rings is 1. The van der Waals surface area contributed by atoms with Gasteiger partial charge in [0.15, 0.2) is 9.84 Å². The lowest BCUT2D eigenvalue weighted by Gasteiger charge is -2.33. The third kappa shape index (κ3) is 2.36. The van der Waals surface area contributed by atoms with E-state index in [-0.39, 0.29) is 11.8 Å². The number of sulfone groups is 1. The Labute approximate surface area is 124 Å². The van der Waals surface area contributed by atoms with Crippen molar-refractivity contribution in [1.29, 1.82) is 0 Å². The topological polar surface area (TPSA) is 74.7 Å². The quantitative estimate of drug-likeness (QED) is 0.900. The van der Waals surface area contributed by atoms with Gasteiger partial charge >= 0.3 is 5.97 Å². The standard InChI is InChI=1S/C15H19NO4S/c1-15(14(17)18)7-8-16(10-15)12-6-9-21(19,20)13-5-3-2-4-11(12)13/h2-5,12H,6-10H2,1H3,(H,17,18). The molecular formula is C15H19NO4S. The summed E-state index contributed by atoms with van der Waals surface area (Å²) in [7, 11) is -3.19. The fourth-order valence-electron chi connectivity index (χ4n) is 3.39. The summed E-state index contributed by atoms with van der Waals surface area (Å²) in [6, 6.07) is 7.10. The number of rotatable bonds is 2. The van der Waals surface area contributed by atoms with Gasteiger partial charge in [0.2, 0.25) is 0 Å². The second-order valence-corrected chi connectivity index (χ2v) is 8.33. The molecule has 0 saturated carbocycles. The van der Waals surface area contributed by atoms with E-state index in [9.17, 15) is 18.3 Å². The third-order valence-corrected chi connectivity index (χ3v) is 6.55. The molecule has 0 spiro atoms. The summed E-state index contributed by atoms with van der Waals surface area (Å²) in [5, 5.41) is 9.34. The first kappa shape index (κ1) is 14.5. The number of hydrogen-bond acceptors (Lipinski definition) is 4. The zero-order chi connectivity index (χ0) is 15.3. The lowest BCUT2D eigenvalue weighted by molar-refractivity contribution is -0.147. The Kier molecular flexibility index (Phi) is 3.33. The van der Waals surface area contributed by atoms with Gasteiger partial charge in [-0.3, -0.25) is 9.69 Å². The van der Waals surface area contributed by atoms with Crippen LogP contribution in [0.15, 0.2) is 29.2 Å². The van der Waals surface area contributed by atoms with Gasteiger partial charge in [-0.05, 0) is 37.9 Å². The Hall–Kier alpha value is -1.40. The molecule has 1 aromatic carbocycles. The largest absolute Gasteiger partial charge is 0.481 e. The van der Waals surface area contributed by atoms with Crippen molar-refractivity contribution in [3.05, 3.63) is 29.8 Å². The zero-order valence-electron chi connectivity index (χ0n) is 11.9. The summed E-state index contributed by atoms with van der Waals surface area (Å²) in [4.78, 5) is 13.9. The van der Waals surface area contributed by atoms with E-state index in [0.29, 0.717) is 30.8 Å². The van der Waals surface area contributed by atoms with Crippen LogP contribution in [0.3, 0.4) is 0 Å². The van der Waals surface area contributed by atoms with E-state index in [1.165, 1.54) is 0 Å². The predicted octanol–water partition coefficient (Wildman–Crippen LogP) is 1.70. The normalized spacial score (nSPS) is 31.8. The molecule has 6 heteroatoms. The minimum absolute atomic E-state index is 0.00546. The van der Waals surface area contributed by atoms with Crippen molar-refractivity contribution in [3.63, 3.8) is 0 Å². The predicted molar refractivity (Wildman–Crippen MR) is 77.8 cm³/mol. The summed E-state index contributed by atoms with van der Waals surface area (Å²) >= 11 is 0. The molecule has 1 N–H and O–H groups in total. The highest BCUT2D eigenvalue weighted by Crippen LogP contribution is 2.41. The number of hydrogen-bond donors (Lipinski definition) is 1. The highest BCUT2D eigenvalue weighted by molar-refractivity contribution is 7.91. The number of carboxylic acid groups (broad SMARTS) is 1. The van der Waals surface area contributed by atoms with Gasteiger partial charge in [-0.1, -0.05) is 18.2 Å². The molecule has 0 aliphatic carbocycles. The minimum Gasteiger partial charge on any atom is -0.481 e. The Morgan fingerprint density at radius 2 is 2.10 bits per heavy atom. The molecule has 0 bridgehead atoms. The van der Waals surface area contributed by atoms with Gasteiger partial charge in [0, 0.05) is 12.6 Å². The second-order valence-electron chi connectivity index (χ2n) is 6.25. The van der Waals surface area contributed by atoms with E-state index in [0.717, 1.165) is 5.56 Å². The number of aliphatic carboxylic acids is 1. The van der Waals surface area contributed by atoms with Gasteiger partial charge in [-0.15, -0.1) is 0 Å². The first-order valence-corrected chi connectivity index (χ1v) is 8.78. The van der Waals surface area contributed by atoms with E-state index < -0.39 is 21.2 Å². The SMILES string of the molecule is CC1(C(=O)O)CCN(C2CCS(=O)(=O)c3ccccc32)C1. The molecule has 1 aromatic rings. The van der Waals surface area contributed by atoms with Gasteiger partial charge in [-0.25, -0.2) is 8.42 Å². The van der Waals surface area contributed by atoms with Crippen LogP contribution < -0.4 is 0 Å². The van der Waals surface area contributed by atoms with Crippen molar-refractivity contribution in [2.75, 3.05) is 18.8 Å². The van der Waals surface area contributed by atoms with Crippen LogP contribution in [0.25, 0.3) is 0 Å². The monoisotopic (exact) mass is 309 g/mol. The van der Waals surface area contributed by atoms with E-state index in [1.54, 1.807) is 19.1 Å². The fourth-order valence-corrected chi connectivity index (χ4v) is 4.99. The van der Waals surface area contributed by atoms with Gasteiger partial charge in [-0.2, -0.15) is 0 Å². The summed E-state index contributed by atoms with van der Waals surface area (Å²) in [5.41, 5.74) is 0.0871. The molecule has 0 amide bonds. The highest BCUT2D eigenvalue weighted by atomic mass is 32.2. The van der Waals surface area contributed by atoms with Crippen LogP contribution in [0.5, 0.6) is 0 Å². The average molecular weight is 309 g/mol. The molecule has 0 radical (unpaired) electrons. The smallest absolute Gasteiger partial charge is 0.310 e. The molecule has 114 valence electrons. The van der Waals surface area contributed by atoms with Crippen molar-refractivity contribution in [3.8, 4) is 0 Å².